The lowest BCUT2D eigenvalue weighted by Crippen LogP contribution is -2.21. The van der Waals surface area contributed by atoms with Crippen LogP contribution in [0.25, 0.3) is 0 Å². The number of hydrogen-bond donors (Lipinski definition) is 2. The number of carbonyl (C=O) groups is 1. The molecule has 0 spiro atoms. The smallest absolute Gasteiger partial charge is 0.263 e. The number of aromatic nitrogens is 2. The van der Waals surface area contributed by atoms with Gasteiger partial charge in [-0.15, -0.1) is 0 Å². The molecule has 102 valence electrons. The number of benzene rings is 1. The summed E-state index contributed by atoms with van der Waals surface area (Å²) >= 11 is 0. The van der Waals surface area contributed by atoms with Crippen molar-refractivity contribution in [2.24, 2.45) is 0 Å². The predicted octanol–water partition coefficient (Wildman–Crippen LogP) is 1.86. The van der Waals surface area contributed by atoms with Crippen LogP contribution >= 0.6 is 0 Å². The molecule has 0 aliphatic carbocycles. The van der Waals surface area contributed by atoms with Crippen molar-refractivity contribution >= 4 is 11.7 Å². The second kappa shape index (κ2) is 6.38. The molecular weight excluding hydrogens is 256 g/mol. The molecule has 6 heteroatoms. The lowest BCUT2D eigenvalue weighted by Gasteiger charge is -2.08. The average molecular weight is 270 g/mol. The predicted molar refractivity (Wildman–Crippen MR) is 73.2 cm³/mol. The molecule has 0 atom stereocenters. The van der Waals surface area contributed by atoms with Crippen molar-refractivity contribution in [2.75, 3.05) is 11.9 Å². The van der Waals surface area contributed by atoms with Crippen molar-refractivity contribution < 1.29 is 9.53 Å². The maximum Gasteiger partial charge on any atom is 0.263 e. The minimum atomic E-state index is -0.309. The first-order valence-corrected chi connectivity index (χ1v) is 6.18. The molecule has 2 N–H and O–H groups in total. The Balaban J connectivity index is 1.94. The Labute approximate surface area is 116 Å². The van der Waals surface area contributed by atoms with Gasteiger partial charge in [-0.1, -0.05) is 19.1 Å². The van der Waals surface area contributed by atoms with Crippen LogP contribution in [0.5, 0.6) is 5.75 Å². The first-order chi connectivity index (χ1) is 9.74. The molecule has 0 aliphatic rings. The van der Waals surface area contributed by atoms with Gasteiger partial charge in [-0.2, -0.15) is 10.4 Å². The second-order valence-electron chi connectivity index (χ2n) is 4.07. The first kappa shape index (κ1) is 13.6. The van der Waals surface area contributed by atoms with E-state index in [2.05, 4.69) is 15.5 Å². The zero-order valence-electron chi connectivity index (χ0n) is 11.0. The van der Waals surface area contributed by atoms with E-state index in [1.54, 1.807) is 30.5 Å². The fourth-order valence-corrected chi connectivity index (χ4v) is 1.69. The highest BCUT2D eigenvalue weighted by atomic mass is 16.5. The molecule has 1 amide bonds. The van der Waals surface area contributed by atoms with E-state index in [0.29, 0.717) is 17.1 Å². The van der Waals surface area contributed by atoms with Gasteiger partial charge in [0.2, 0.25) is 0 Å². The highest BCUT2D eigenvalue weighted by Gasteiger charge is 2.09. The zero-order chi connectivity index (χ0) is 14.4. The molecule has 20 heavy (non-hydrogen) atoms. The second-order valence-corrected chi connectivity index (χ2v) is 4.07. The van der Waals surface area contributed by atoms with Crippen LogP contribution in [-0.2, 0) is 11.2 Å². The Hall–Kier alpha value is -2.81. The standard InChI is InChI=1S/C14H14N4O2/c1-2-10-8-16-18-14(10)17-13(19)9-20-12-6-4-3-5-11(12)7-15/h3-6,8H,2,9H2,1H3,(H2,16,17,18,19). The van der Waals surface area contributed by atoms with E-state index in [1.165, 1.54) is 0 Å². The molecule has 0 saturated heterocycles. The van der Waals surface area contributed by atoms with E-state index >= 15 is 0 Å². The van der Waals surface area contributed by atoms with Crippen molar-refractivity contribution in [3.05, 3.63) is 41.6 Å². The number of rotatable bonds is 5. The number of ether oxygens (including phenoxy) is 1. The van der Waals surface area contributed by atoms with Crippen LogP contribution in [0.3, 0.4) is 0 Å². The number of carbonyl (C=O) groups excluding carboxylic acids is 1. The molecule has 0 aliphatic heterocycles. The third-order valence-electron chi connectivity index (χ3n) is 2.73. The molecule has 1 aromatic carbocycles. The molecular formula is C14H14N4O2. The van der Waals surface area contributed by atoms with E-state index in [0.717, 1.165) is 12.0 Å². The monoisotopic (exact) mass is 270 g/mol. The van der Waals surface area contributed by atoms with Gasteiger partial charge in [0.05, 0.1) is 11.8 Å². The van der Waals surface area contributed by atoms with Gasteiger partial charge in [0.25, 0.3) is 5.91 Å². The fourth-order valence-electron chi connectivity index (χ4n) is 1.69. The number of aryl methyl sites for hydroxylation is 1. The summed E-state index contributed by atoms with van der Waals surface area (Å²) < 4.78 is 5.34. The third-order valence-corrected chi connectivity index (χ3v) is 2.73. The Morgan fingerprint density at radius 3 is 3.05 bits per heavy atom. The topological polar surface area (TPSA) is 90.8 Å². The van der Waals surface area contributed by atoms with E-state index < -0.39 is 0 Å². The van der Waals surface area contributed by atoms with Gasteiger partial charge < -0.3 is 10.1 Å². The van der Waals surface area contributed by atoms with Crippen molar-refractivity contribution in [3.8, 4) is 11.8 Å². The van der Waals surface area contributed by atoms with Gasteiger partial charge in [0.15, 0.2) is 6.61 Å². The van der Waals surface area contributed by atoms with Crippen LogP contribution in [0.2, 0.25) is 0 Å². The molecule has 6 nitrogen and oxygen atoms in total. The molecule has 0 saturated carbocycles. The van der Waals surface area contributed by atoms with E-state index in [9.17, 15) is 4.79 Å². The number of nitriles is 1. The van der Waals surface area contributed by atoms with Gasteiger partial charge in [-0.25, -0.2) is 0 Å². The van der Waals surface area contributed by atoms with Crippen molar-refractivity contribution in [2.45, 2.75) is 13.3 Å². The highest BCUT2D eigenvalue weighted by molar-refractivity contribution is 5.91. The lowest BCUT2D eigenvalue weighted by atomic mass is 10.2. The quantitative estimate of drug-likeness (QED) is 0.867. The number of hydrogen-bond acceptors (Lipinski definition) is 4. The SMILES string of the molecule is CCc1cn[nH]c1NC(=O)COc1ccccc1C#N. The van der Waals surface area contributed by atoms with Gasteiger partial charge in [-0.05, 0) is 18.6 Å². The summed E-state index contributed by atoms with van der Waals surface area (Å²) in [5.74, 6) is 0.664. The van der Waals surface area contributed by atoms with Crippen LogP contribution in [-0.4, -0.2) is 22.7 Å². The molecule has 0 fully saturated rings. The number of aromatic amines is 1. The number of nitrogens with one attached hydrogen (secondary N) is 2. The first-order valence-electron chi connectivity index (χ1n) is 6.18. The zero-order valence-corrected chi connectivity index (χ0v) is 11.0. The Morgan fingerprint density at radius 1 is 1.50 bits per heavy atom. The minimum absolute atomic E-state index is 0.166. The molecule has 0 unspecified atom stereocenters. The van der Waals surface area contributed by atoms with Crippen LogP contribution in [0.4, 0.5) is 5.82 Å². The summed E-state index contributed by atoms with van der Waals surface area (Å²) in [4.78, 5) is 11.8. The minimum Gasteiger partial charge on any atom is -0.482 e. The Kier molecular flexibility index (Phi) is 4.35. The van der Waals surface area contributed by atoms with Crippen LogP contribution < -0.4 is 10.1 Å². The molecule has 0 radical (unpaired) electrons. The third kappa shape index (κ3) is 3.14. The highest BCUT2D eigenvalue weighted by Crippen LogP contribution is 2.16. The number of para-hydroxylation sites is 1. The maximum atomic E-state index is 11.8. The van der Waals surface area contributed by atoms with Crippen LogP contribution in [0.15, 0.2) is 30.5 Å². The fraction of sp³-hybridized carbons (Fsp3) is 0.214. The van der Waals surface area contributed by atoms with Crippen molar-refractivity contribution in [3.63, 3.8) is 0 Å². The molecule has 0 bridgehead atoms. The van der Waals surface area contributed by atoms with Crippen LogP contribution in [0.1, 0.15) is 18.1 Å². The normalized spacial score (nSPS) is 9.80. The van der Waals surface area contributed by atoms with Crippen molar-refractivity contribution in [1.29, 1.82) is 5.26 Å². The number of amides is 1. The van der Waals surface area contributed by atoms with Gasteiger partial charge >= 0.3 is 0 Å². The summed E-state index contributed by atoms with van der Waals surface area (Å²) in [6.45, 7) is 1.81. The maximum absolute atomic E-state index is 11.8. The molecule has 1 heterocycles. The van der Waals surface area contributed by atoms with E-state index in [1.807, 2.05) is 13.0 Å². The van der Waals surface area contributed by atoms with Gasteiger partial charge in [0, 0.05) is 5.56 Å². The Morgan fingerprint density at radius 2 is 2.30 bits per heavy atom. The Bertz CT molecular complexity index is 643. The van der Waals surface area contributed by atoms with E-state index in [-0.39, 0.29) is 12.5 Å². The van der Waals surface area contributed by atoms with E-state index in [4.69, 9.17) is 10.00 Å². The molecule has 2 aromatic rings. The number of anilines is 1. The van der Waals surface area contributed by atoms with Gasteiger partial charge in [-0.3, -0.25) is 9.89 Å². The summed E-state index contributed by atoms with van der Waals surface area (Å²) in [5.41, 5.74) is 1.33. The lowest BCUT2D eigenvalue weighted by molar-refractivity contribution is -0.118. The largest absolute Gasteiger partial charge is 0.482 e. The molecule has 1 aromatic heterocycles. The number of H-pyrrole nitrogens is 1. The number of nitrogens with zero attached hydrogens (tertiary/aromatic N) is 2. The van der Waals surface area contributed by atoms with Gasteiger partial charge in [0.1, 0.15) is 17.6 Å². The average Bonchev–Trinajstić information content (AvgIpc) is 2.92. The van der Waals surface area contributed by atoms with Crippen molar-refractivity contribution in [1.82, 2.24) is 10.2 Å². The molecule has 2 rings (SSSR count). The summed E-state index contributed by atoms with van der Waals surface area (Å²) in [6, 6.07) is 8.79. The van der Waals surface area contributed by atoms with Crippen LogP contribution in [0, 0.1) is 11.3 Å². The summed E-state index contributed by atoms with van der Waals surface area (Å²) in [6.07, 6.45) is 2.44. The summed E-state index contributed by atoms with van der Waals surface area (Å²) in [5, 5.41) is 18.2. The summed E-state index contributed by atoms with van der Waals surface area (Å²) in [7, 11) is 0.